The van der Waals surface area contributed by atoms with E-state index in [4.69, 9.17) is 17.3 Å². The lowest BCUT2D eigenvalue weighted by Gasteiger charge is -2.39. The van der Waals surface area contributed by atoms with Gasteiger partial charge in [-0.1, -0.05) is 24.6 Å². The molecular weight excluding hydrogens is 331 g/mol. The van der Waals surface area contributed by atoms with Crippen molar-refractivity contribution in [1.82, 2.24) is 9.78 Å². The van der Waals surface area contributed by atoms with E-state index in [1.807, 2.05) is 25.1 Å². The molecule has 0 spiro atoms. The van der Waals surface area contributed by atoms with Crippen molar-refractivity contribution in [3.8, 4) is 5.69 Å². The summed E-state index contributed by atoms with van der Waals surface area (Å²) in [6.07, 6.45) is 2.66. The predicted octanol–water partition coefficient (Wildman–Crippen LogP) is 3.10. The summed E-state index contributed by atoms with van der Waals surface area (Å²) in [6.45, 7) is 1.95. The number of rotatable bonds is 5. The lowest BCUT2D eigenvalue weighted by atomic mass is 9.72. The molecule has 3 rings (SSSR count). The van der Waals surface area contributed by atoms with E-state index in [2.05, 4.69) is 10.4 Å². The third-order valence-corrected chi connectivity index (χ3v) is 4.71. The Morgan fingerprint density at radius 3 is 2.92 bits per heavy atom. The highest BCUT2D eigenvalue weighted by Crippen LogP contribution is 2.41. The summed E-state index contributed by atoms with van der Waals surface area (Å²) in [6, 6.07) is 7.34. The van der Waals surface area contributed by atoms with Gasteiger partial charge in [-0.05, 0) is 37.5 Å². The minimum atomic E-state index is -1.39. The van der Waals surface area contributed by atoms with Gasteiger partial charge < -0.3 is 11.1 Å². The summed E-state index contributed by atoms with van der Waals surface area (Å²) in [5.74, 6) is -0.519. The highest BCUT2D eigenvalue weighted by Gasteiger charge is 2.47. The molecule has 1 saturated carbocycles. The minimum Gasteiger partial charge on any atom is -0.328 e. The maximum atomic E-state index is 13.9. The van der Waals surface area contributed by atoms with Crippen molar-refractivity contribution < 1.29 is 9.18 Å². The van der Waals surface area contributed by atoms with E-state index < -0.39 is 5.67 Å². The largest absolute Gasteiger partial charge is 0.328 e. The van der Waals surface area contributed by atoms with Crippen LogP contribution >= 0.6 is 11.6 Å². The number of hydrogen-bond acceptors (Lipinski definition) is 3. The summed E-state index contributed by atoms with van der Waals surface area (Å²) in [4.78, 5) is 12.3. The van der Waals surface area contributed by atoms with Gasteiger partial charge in [-0.25, -0.2) is 9.07 Å². The summed E-state index contributed by atoms with van der Waals surface area (Å²) < 4.78 is 15.6. The predicted molar refractivity (Wildman–Crippen MR) is 92.2 cm³/mol. The third-order valence-electron chi connectivity index (χ3n) is 4.48. The lowest BCUT2D eigenvalue weighted by Crippen LogP contribution is -2.49. The second-order valence-corrected chi connectivity index (χ2v) is 6.64. The molecule has 7 heteroatoms. The highest BCUT2D eigenvalue weighted by atomic mass is 35.5. The van der Waals surface area contributed by atoms with Crippen molar-refractivity contribution >= 4 is 23.2 Å². The second kappa shape index (κ2) is 6.53. The van der Waals surface area contributed by atoms with Gasteiger partial charge in [0.05, 0.1) is 23.3 Å². The molecule has 24 heavy (non-hydrogen) atoms. The molecule has 0 bridgehead atoms. The van der Waals surface area contributed by atoms with Crippen molar-refractivity contribution in [2.24, 2.45) is 11.7 Å². The molecule has 2 aromatic rings. The molecule has 0 saturated heterocycles. The van der Waals surface area contributed by atoms with Crippen LogP contribution in [0.5, 0.6) is 0 Å². The fourth-order valence-electron chi connectivity index (χ4n) is 3.06. The summed E-state index contributed by atoms with van der Waals surface area (Å²) in [5.41, 5.74) is 6.33. The number of halogens is 2. The number of aromatic nitrogens is 2. The number of nitrogens with zero attached hydrogens (tertiary/aromatic N) is 2. The molecular formula is C17H20ClFN4O. The standard InChI is InChI=1S/C17H20ClFN4O/c1-2-15-14(22-16(24)11-7-17(19,8-11)10-20)9-21-23(15)13-5-3-4-12(18)6-13/h3-6,9,11H,2,7-8,10,20H2,1H3,(H,22,24). The Kier molecular flexibility index (Phi) is 4.60. The Morgan fingerprint density at radius 1 is 1.54 bits per heavy atom. The number of alkyl halides is 1. The van der Waals surface area contributed by atoms with Crippen LogP contribution in [-0.4, -0.2) is 27.9 Å². The van der Waals surface area contributed by atoms with Gasteiger partial charge in [0, 0.05) is 17.5 Å². The van der Waals surface area contributed by atoms with Crippen LogP contribution in [-0.2, 0) is 11.2 Å². The van der Waals surface area contributed by atoms with Crippen LogP contribution < -0.4 is 11.1 Å². The van der Waals surface area contributed by atoms with Crippen LogP contribution in [0, 0.1) is 5.92 Å². The van der Waals surface area contributed by atoms with E-state index in [9.17, 15) is 9.18 Å². The molecule has 0 unspecified atom stereocenters. The molecule has 3 N–H and O–H groups in total. The fraction of sp³-hybridized carbons (Fsp3) is 0.412. The smallest absolute Gasteiger partial charge is 0.227 e. The molecule has 1 heterocycles. The number of nitrogens with two attached hydrogens (primary N) is 1. The molecule has 1 fully saturated rings. The Balaban J connectivity index is 1.77. The number of hydrogen-bond donors (Lipinski definition) is 2. The first-order valence-corrected chi connectivity index (χ1v) is 8.36. The number of anilines is 1. The molecule has 128 valence electrons. The normalized spacial score (nSPS) is 22.9. The van der Waals surface area contributed by atoms with E-state index >= 15 is 0 Å². The fourth-order valence-corrected chi connectivity index (χ4v) is 3.24. The first kappa shape index (κ1) is 16.9. The molecule has 0 atom stereocenters. The van der Waals surface area contributed by atoms with Crippen LogP contribution in [0.3, 0.4) is 0 Å². The average Bonchev–Trinajstić information content (AvgIpc) is 2.94. The molecule has 1 amide bonds. The van der Waals surface area contributed by atoms with Crippen LogP contribution in [0.15, 0.2) is 30.5 Å². The Morgan fingerprint density at radius 2 is 2.29 bits per heavy atom. The maximum Gasteiger partial charge on any atom is 0.227 e. The highest BCUT2D eigenvalue weighted by molar-refractivity contribution is 6.30. The lowest BCUT2D eigenvalue weighted by molar-refractivity contribution is -0.128. The molecule has 5 nitrogen and oxygen atoms in total. The van der Waals surface area contributed by atoms with Crippen LogP contribution in [0.25, 0.3) is 5.69 Å². The summed E-state index contributed by atoms with van der Waals surface area (Å²) in [7, 11) is 0. The van der Waals surface area contributed by atoms with E-state index in [0.717, 1.165) is 11.4 Å². The van der Waals surface area contributed by atoms with E-state index in [-0.39, 0.29) is 31.2 Å². The molecule has 1 aliphatic carbocycles. The zero-order valence-corrected chi connectivity index (χ0v) is 14.2. The van der Waals surface area contributed by atoms with Crippen LogP contribution in [0.2, 0.25) is 5.02 Å². The maximum absolute atomic E-state index is 13.9. The van der Waals surface area contributed by atoms with Gasteiger partial charge in [-0.3, -0.25) is 4.79 Å². The van der Waals surface area contributed by atoms with Gasteiger partial charge in [-0.2, -0.15) is 5.10 Å². The van der Waals surface area contributed by atoms with Gasteiger partial charge in [-0.15, -0.1) is 0 Å². The first-order valence-electron chi connectivity index (χ1n) is 7.98. The van der Waals surface area contributed by atoms with Crippen LogP contribution in [0.1, 0.15) is 25.5 Å². The SMILES string of the molecule is CCc1c(NC(=O)C2CC(F)(CN)C2)cnn1-c1cccc(Cl)c1. The summed E-state index contributed by atoms with van der Waals surface area (Å²) >= 11 is 6.03. The number of amides is 1. The molecule has 1 aromatic carbocycles. The van der Waals surface area contributed by atoms with Gasteiger partial charge in [0.2, 0.25) is 5.91 Å². The minimum absolute atomic E-state index is 0.0380. The zero-order valence-electron chi connectivity index (χ0n) is 13.4. The molecule has 0 radical (unpaired) electrons. The Labute approximate surface area is 145 Å². The van der Waals surface area contributed by atoms with Crippen molar-refractivity contribution in [1.29, 1.82) is 0 Å². The number of benzene rings is 1. The van der Waals surface area contributed by atoms with Crippen molar-refractivity contribution in [3.63, 3.8) is 0 Å². The van der Waals surface area contributed by atoms with E-state index in [1.54, 1.807) is 16.9 Å². The number of carbonyl (C=O) groups is 1. The van der Waals surface area contributed by atoms with Gasteiger partial charge in [0.25, 0.3) is 0 Å². The quantitative estimate of drug-likeness (QED) is 0.870. The van der Waals surface area contributed by atoms with Crippen molar-refractivity contribution in [2.75, 3.05) is 11.9 Å². The Hall–Kier alpha value is -1.92. The number of nitrogens with one attached hydrogen (secondary N) is 1. The molecule has 1 aromatic heterocycles. The first-order chi connectivity index (χ1) is 11.5. The van der Waals surface area contributed by atoms with Crippen molar-refractivity contribution in [2.45, 2.75) is 31.9 Å². The second-order valence-electron chi connectivity index (χ2n) is 6.20. The van der Waals surface area contributed by atoms with E-state index in [0.29, 0.717) is 17.1 Å². The summed E-state index contributed by atoms with van der Waals surface area (Å²) in [5, 5.41) is 7.83. The van der Waals surface area contributed by atoms with Gasteiger partial charge in [0.15, 0.2) is 0 Å². The molecule has 1 aliphatic rings. The van der Waals surface area contributed by atoms with Crippen LogP contribution in [0.4, 0.5) is 10.1 Å². The van der Waals surface area contributed by atoms with Gasteiger partial charge in [0.1, 0.15) is 5.67 Å². The third kappa shape index (κ3) is 3.16. The average molecular weight is 351 g/mol. The van der Waals surface area contributed by atoms with E-state index in [1.165, 1.54) is 0 Å². The number of carbonyl (C=O) groups excluding carboxylic acids is 1. The topological polar surface area (TPSA) is 72.9 Å². The van der Waals surface area contributed by atoms with Crippen molar-refractivity contribution in [3.05, 3.63) is 41.2 Å². The Bertz CT molecular complexity index is 755. The van der Waals surface area contributed by atoms with Gasteiger partial charge >= 0.3 is 0 Å². The zero-order chi connectivity index (χ0) is 17.3. The monoisotopic (exact) mass is 350 g/mol. The molecule has 0 aliphatic heterocycles.